The summed E-state index contributed by atoms with van der Waals surface area (Å²) in [7, 11) is 1.49. The lowest BCUT2D eigenvalue weighted by molar-refractivity contribution is -0.152. The van der Waals surface area contributed by atoms with Crippen molar-refractivity contribution in [2.75, 3.05) is 13.9 Å². The lowest BCUT2D eigenvalue weighted by Crippen LogP contribution is -2.07. The lowest BCUT2D eigenvalue weighted by atomic mass is 9.96. The van der Waals surface area contributed by atoms with Gasteiger partial charge in [0.25, 0.3) is 0 Å². The summed E-state index contributed by atoms with van der Waals surface area (Å²) in [5, 5.41) is 0. The summed E-state index contributed by atoms with van der Waals surface area (Å²) < 4.78 is 20.2. The minimum Gasteiger partial charge on any atom is -0.496 e. The molecule has 18 heavy (non-hydrogen) atoms. The van der Waals surface area contributed by atoms with E-state index >= 15 is 0 Å². The Labute approximate surface area is 102 Å². The molecule has 1 aromatic carbocycles. The fourth-order valence-electron chi connectivity index (χ4n) is 2.10. The van der Waals surface area contributed by atoms with Gasteiger partial charge < -0.3 is 18.9 Å². The third-order valence-corrected chi connectivity index (χ3v) is 2.97. The number of rotatable bonds is 2. The van der Waals surface area contributed by atoms with Crippen LogP contribution in [0.15, 0.2) is 12.1 Å². The van der Waals surface area contributed by atoms with E-state index < -0.39 is 17.9 Å². The molecular formula is C12H10O6. The lowest BCUT2D eigenvalue weighted by Gasteiger charge is -2.12. The van der Waals surface area contributed by atoms with Gasteiger partial charge in [-0.2, -0.15) is 0 Å². The molecule has 0 N–H and O–H groups in total. The second-order valence-electron chi connectivity index (χ2n) is 4.00. The molecule has 1 aromatic rings. The maximum Gasteiger partial charge on any atom is 0.321 e. The summed E-state index contributed by atoms with van der Waals surface area (Å²) in [6, 6.07) is 3.30. The molecule has 2 heterocycles. The van der Waals surface area contributed by atoms with Gasteiger partial charge in [-0.25, -0.2) is 0 Å². The molecule has 94 valence electrons. The van der Waals surface area contributed by atoms with Crippen LogP contribution in [0, 0.1) is 0 Å². The third-order valence-electron chi connectivity index (χ3n) is 2.97. The molecule has 6 heteroatoms. The number of hydrogen-bond acceptors (Lipinski definition) is 6. The largest absolute Gasteiger partial charge is 0.496 e. The van der Waals surface area contributed by atoms with Crippen LogP contribution in [-0.4, -0.2) is 25.8 Å². The Morgan fingerprint density at radius 2 is 1.94 bits per heavy atom. The molecule has 0 radical (unpaired) electrons. The highest BCUT2D eigenvalue weighted by molar-refractivity contribution is 5.98. The fraction of sp³-hybridized carbons (Fsp3) is 0.333. The molecule has 1 atom stereocenters. The van der Waals surface area contributed by atoms with Crippen LogP contribution in [0.3, 0.4) is 0 Å². The summed E-state index contributed by atoms with van der Waals surface area (Å²) in [5.74, 6) is -0.133. The zero-order valence-electron chi connectivity index (χ0n) is 9.60. The number of methoxy groups -OCH3 is 1. The Morgan fingerprint density at radius 3 is 2.56 bits per heavy atom. The molecule has 0 spiro atoms. The van der Waals surface area contributed by atoms with Crippen LogP contribution >= 0.6 is 0 Å². The van der Waals surface area contributed by atoms with E-state index in [0.29, 0.717) is 22.8 Å². The number of esters is 2. The maximum atomic E-state index is 11.6. The van der Waals surface area contributed by atoms with Gasteiger partial charge in [0.2, 0.25) is 6.79 Å². The Hall–Kier alpha value is -2.24. The third kappa shape index (κ3) is 1.57. The normalized spacial score (nSPS) is 21.1. The molecule has 1 unspecified atom stereocenters. The highest BCUT2D eigenvalue weighted by Crippen LogP contribution is 2.43. The quantitative estimate of drug-likeness (QED) is 0.575. The zero-order chi connectivity index (χ0) is 12.7. The number of hydrogen-bond donors (Lipinski definition) is 0. The van der Waals surface area contributed by atoms with Crippen molar-refractivity contribution in [3.8, 4) is 17.2 Å². The van der Waals surface area contributed by atoms with E-state index in [1.54, 1.807) is 12.1 Å². The summed E-state index contributed by atoms with van der Waals surface area (Å²) in [4.78, 5) is 22.7. The van der Waals surface area contributed by atoms with E-state index in [9.17, 15) is 9.59 Å². The highest BCUT2D eigenvalue weighted by atomic mass is 16.7. The molecule has 0 bridgehead atoms. The molecule has 1 fully saturated rings. The van der Waals surface area contributed by atoms with Crippen molar-refractivity contribution in [3.63, 3.8) is 0 Å². The first kappa shape index (κ1) is 10.9. The Kier molecular flexibility index (Phi) is 2.36. The first-order chi connectivity index (χ1) is 8.69. The number of benzene rings is 1. The van der Waals surface area contributed by atoms with Gasteiger partial charge in [0.05, 0.1) is 19.4 Å². The van der Waals surface area contributed by atoms with Gasteiger partial charge in [0, 0.05) is 11.6 Å². The average Bonchev–Trinajstić information content (AvgIpc) is 2.93. The van der Waals surface area contributed by atoms with Crippen LogP contribution in [0.25, 0.3) is 0 Å². The number of fused-ring (bicyclic) bond motifs is 1. The number of carbonyl (C=O) groups excluding carboxylic acids is 2. The number of cyclic esters (lactones) is 2. The highest BCUT2D eigenvalue weighted by Gasteiger charge is 2.37. The average molecular weight is 250 g/mol. The standard InChI is InChI=1S/C12H10O6/c1-15-8-4-10-9(16-5-17-10)2-6(8)7-3-11(13)18-12(7)14/h2,4,7H,3,5H2,1H3. The molecule has 2 aliphatic rings. The van der Waals surface area contributed by atoms with Crippen molar-refractivity contribution in [1.29, 1.82) is 0 Å². The van der Waals surface area contributed by atoms with E-state index in [1.807, 2.05) is 0 Å². The summed E-state index contributed by atoms with van der Waals surface area (Å²) >= 11 is 0. The van der Waals surface area contributed by atoms with Crippen LogP contribution < -0.4 is 14.2 Å². The fourth-order valence-corrected chi connectivity index (χ4v) is 2.10. The predicted octanol–water partition coefficient (Wildman–Crippen LogP) is 0.981. The van der Waals surface area contributed by atoms with Gasteiger partial charge in [-0.3, -0.25) is 9.59 Å². The molecule has 3 rings (SSSR count). The van der Waals surface area contributed by atoms with Gasteiger partial charge in [0.1, 0.15) is 5.75 Å². The van der Waals surface area contributed by atoms with Crippen LogP contribution in [-0.2, 0) is 14.3 Å². The van der Waals surface area contributed by atoms with Gasteiger partial charge in [-0.1, -0.05) is 0 Å². The van der Waals surface area contributed by atoms with Crippen LogP contribution in [0.1, 0.15) is 17.9 Å². The van der Waals surface area contributed by atoms with Crippen molar-refractivity contribution in [3.05, 3.63) is 17.7 Å². The Balaban J connectivity index is 2.05. The minimum absolute atomic E-state index is 0.0227. The topological polar surface area (TPSA) is 71.1 Å². The molecule has 0 saturated carbocycles. The maximum absolute atomic E-state index is 11.6. The summed E-state index contributed by atoms with van der Waals surface area (Å²) in [5.41, 5.74) is 0.581. The van der Waals surface area contributed by atoms with Gasteiger partial charge >= 0.3 is 11.9 Å². The van der Waals surface area contributed by atoms with Crippen LogP contribution in [0.5, 0.6) is 17.2 Å². The van der Waals surface area contributed by atoms with E-state index in [1.165, 1.54) is 7.11 Å². The molecule has 6 nitrogen and oxygen atoms in total. The van der Waals surface area contributed by atoms with Crippen molar-refractivity contribution >= 4 is 11.9 Å². The Morgan fingerprint density at radius 1 is 1.22 bits per heavy atom. The van der Waals surface area contributed by atoms with Crippen molar-refractivity contribution in [1.82, 2.24) is 0 Å². The molecule has 0 amide bonds. The van der Waals surface area contributed by atoms with Gasteiger partial charge in [-0.15, -0.1) is 0 Å². The first-order valence-corrected chi connectivity index (χ1v) is 5.41. The van der Waals surface area contributed by atoms with E-state index in [0.717, 1.165) is 0 Å². The van der Waals surface area contributed by atoms with E-state index in [4.69, 9.17) is 14.2 Å². The summed E-state index contributed by atoms with van der Waals surface area (Å²) in [6.07, 6.45) is 0.0227. The number of ether oxygens (including phenoxy) is 4. The minimum atomic E-state index is -0.637. The Bertz CT molecular complexity index is 536. The van der Waals surface area contributed by atoms with Crippen molar-refractivity contribution in [2.45, 2.75) is 12.3 Å². The van der Waals surface area contributed by atoms with Gasteiger partial charge in [0.15, 0.2) is 11.5 Å². The smallest absolute Gasteiger partial charge is 0.321 e. The van der Waals surface area contributed by atoms with Crippen LogP contribution in [0.4, 0.5) is 0 Å². The van der Waals surface area contributed by atoms with Crippen molar-refractivity contribution < 1.29 is 28.5 Å². The SMILES string of the molecule is COc1cc2c(cc1C1CC(=O)OC1=O)OCO2. The summed E-state index contributed by atoms with van der Waals surface area (Å²) in [6.45, 7) is 0.135. The second kappa shape index (κ2) is 3.90. The van der Waals surface area contributed by atoms with Crippen molar-refractivity contribution in [2.24, 2.45) is 0 Å². The second-order valence-corrected chi connectivity index (χ2v) is 4.00. The molecule has 1 saturated heterocycles. The zero-order valence-corrected chi connectivity index (χ0v) is 9.60. The molecule has 0 aliphatic carbocycles. The monoisotopic (exact) mass is 250 g/mol. The molecular weight excluding hydrogens is 240 g/mol. The van der Waals surface area contributed by atoms with Gasteiger partial charge in [-0.05, 0) is 6.07 Å². The predicted molar refractivity (Wildman–Crippen MR) is 57.6 cm³/mol. The van der Waals surface area contributed by atoms with E-state index in [2.05, 4.69) is 4.74 Å². The number of carbonyl (C=O) groups is 2. The van der Waals surface area contributed by atoms with E-state index in [-0.39, 0.29) is 13.2 Å². The van der Waals surface area contributed by atoms with Crippen LogP contribution in [0.2, 0.25) is 0 Å². The molecule has 2 aliphatic heterocycles. The first-order valence-electron chi connectivity index (χ1n) is 5.41. The molecule has 0 aromatic heterocycles.